The molecule has 2 fully saturated rings. The van der Waals surface area contributed by atoms with E-state index >= 15 is 0 Å². The van der Waals surface area contributed by atoms with Crippen LogP contribution in [0.25, 0.3) is 0 Å². The normalized spacial score (nSPS) is 17.2. The smallest absolute Gasteiger partial charge is 0.321 e. The highest BCUT2D eigenvalue weighted by molar-refractivity contribution is 5.89. The van der Waals surface area contributed by atoms with E-state index in [1.807, 2.05) is 17.0 Å². The maximum atomic E-state index is 13.1. The second-order valence-corrected chi connectivity index (χ2v) is 7.90. The number of nitrogens with one attached hydrogen (secondary N) is 1. The highest BCUT2D eigenvalue weighted by atomic mass is 19.1. The van der Waals surface area contributed by atoms with Gasteiger partial charge in [0.05, 0.1) is 7.11 Å². The van der Waals surface area contributed by atoms with E-state index in [0.717, 1.165) is 29.8 Å². The minimum atomic E-state index is -0.277. The maximum absolute atomic E-state index is 13.1. The van der Waals surface area contributed by atoms with Crippen molar-refractivity contribution in [2.75, 3.05) is 38.6 Å². The van der Waals surface area contributed by atoms with Gasteiger partial charge < -0.3 is 24.8 Å². The molecule has 2 aliphatic rings. The molecule has 0 atom stereocenters. The van der Waals surface area contributed by atoms with Gasteiger partial charge in [-0.25, -0.2) is 14.0 Å². The number of carbonyl (C=O) groups is 2. The minimum Gasteiger partial charge on any atom is -0.497 e. The fourth-order valence-electron chi connectivity index (χ4n) is 4.15. The summed E-state index contributed by atoms with van der Waals surface area (Å²) in [5.74, 6) is 0.462. The summed E-state index contributed by atoms with van der Waals surface area (Å²) in [6.45, 7) is 3.04. The molecule has 0 aromatic heterocycles. The third-order valence-electron chi connectivity index (χ3n) is 5.95. The van der Waals surface area contributed by atoms with Crippen molar-refractivity contribution >= 4 is 17.7 Å². The molecule has 4 rings (SSSR count). The standard InChI is InChI=1S/C23H27FN4O3/c1-31-21-8-6-19(7-9-21)25-22(29)26-12-10-20(11-13-26)28-15-14-27(23(28)30)16-17-2-4-18(24)5-3-17/h2-9,20H,10-16H2,1H3,(H,25,29). The van der Waals surface area contributed by atoms with Crippen molar-refractivity contribution in [2.45, 2.75) is 25.4 Å². The van der Waals surface area contributed by atoms with Crippen LogP contribution in [0.3, 0.4) is 0 Å². The average Bonchev–Trinajstić information content (AvgIpc) is 3.16. The summed E-state index contributed by atoms with van der Waals surface area (Å²) in [6.07, 6.45) is 1.51. The van der Waals surface area contributed by atoms with Gasteiger partial charge in [-0.15, -0.1) is 0 Å². The molecule has 0 aliphatic carbocycles. The Morgan fingerprint density at radius 3 is 2.35 bits per heavy atom. The number of hydrogen-bond acceptors (Lipinski definition) is 3. The number of hydrogen-bond donors (Lipinski definition) is 1. The van der Waals surface area contributed by atoms with E-state index in [0.29, 0.717) is 32.7 Å². The van der Waals surface area contributed by atoms with Gasteiger partial charge in [-0.05, 0) is 54.8 Å². The molecule has 31 heavy (non-hydrogen) atoms. The number of nitrogens with zero attached hydrogens (tertiary/aromatic N) is 3. The van der Waals surface area contributed by atoms with Gasteiger partial charge >= 0.3 is 12.1 Å². The van der Waals surface area contributed by atoms with Gasteiger partial charge in [0.1, 0.15) is 11.6 Å². The molecule has 0 unspecified atom stereocenters. The first kappa shape index (κ1) is 21.0. The van der Waals surface area contributed by atoms with Crippen molar-refractivity contribution in [3.05, 3.63) is 59.9 Å². The van der Waals surface area contributed by atoms with Crippen molar-refractivity contribution < 1.29 is 18.7 Å². The van der Waals surface area contributed by atoms with Crippen molar-refractivity contribution in [3.63, 3.8) is 0 Å². The first-order valence-electron chi connectivity index (χ1n) is 10.5. The molecule has 0 bridgehead atoms. The molecule has 2 aromatic rings. The number of likely N-dealkylation sites (tertiary alicyclic amines) is 1. The largest absolute Gasteiger partial charge is 0.497 e. The second kappa shape index (κ2) is 9.24. The number of anilines is 1. The van der Waals surface area contributed by atoms with Crippen LogP contribution in [0.5, 0.6) is 5.75 Å². The van der Waals surface area contributed by atoms with E-state index in [9.17, 15) is 14.0 Å². The second-order valence-electron chi connectivity index (χ2n) is 7.90. The Labute approximate surface area is 181 Å². The molecule has 0 saturated carbocycles. The van der Waals surface area contributed by atoms with Crippen LogP contribution in [0, 0.1) is 5.82 Å². The third-order valence-corrected chi connectivity index (χ3v) is 5.95. The van der Waals surface area contributed by atoms with Crippen LogP contribution < -0.4 is 10.1 Å². The predicted octanol–water partition coefficient (Wildman–Crippen LogP) is 3.77. The van der Waals surface area contributed by atoms with Crippen LogP contribution in [0.1, 0.15) is 18.4 Å². The van der Waals surface area contributed by atoms with E-state index in [4.69, 9.17) is 4.74 Å². The Morgan fingerprint density at radius 1 is 1.03 bits per heavy atom. The lowest BCUT2D eigenvalue weighted by Crippen LogP contribution is -2.49. The van der Waals surface area contributed by atoms with Crippen molar-refractivity contribution in [1.82, 2.24) is 14.7 Å². The molecule has 2 aromatic carbocycles. The molecule has 7 nitrogen and oxygen atoms in total. The van der Waals surface area contributed by atoms with Crippen LogP contribution in [0.2, 0.25) is 0 Å². The number of ether oxygens (including phenoxy) is 1. The average molecular weight is 426 g/mol. The van der Waals surface area contributed by atoms with Gasteiger partial charge in [-0.2, -0.15) is 0 Å². The van der Waals surface area contributed by atoms with Crippen LogP contribution >= 0.6 is 0 Å². The molecule has 4 amide bonds. The quantitative estimate of drug-likeness (QED) is 0.792. The lowest BCUT2D eigenvalue weighted by atomic mass is 10.0. The number of urea groups is 2. The zero-order valence-corrected chi connectivity index (χ0v) is 17.6. The van der Waals surface area contributed by atoms with Gasteiger partial charge in [0.2, 0.25) is 0 Å². The maximum Gasteiger partial charge on any atom is 0.321 e. The van der Waals surface area contributed by atoms with E-state index in [-0.39, 0.29) is 23.9 Å². The number of halogens is 1. The summed E-state index contributed by atoms with van der Waals surface area (Å²) in [7, 11) is 1.60. The monoisotopic (exact) mass is 426 g/mol. The molecule has 0 spiro atoms. The fraction of sp³-hybridized carbons (Fsp3) is 0.391. The number of piperidine rings is 1. The van der Waals surface area contributed by atoms with E-state index < -0.39 is 0 Å². The van der Waals surface area contributed by atoms with E-state index in [1.165, 1.54) is 12.1 Å². The van der Waals surface area contributed by atoms with Crippen LogP contribution in [-0.2, 0) is 6.54 Å². The molecule has 1 N–H and O–H groups in total. The number of benzene rings is 2. The lowest BCUT2D eigenvalue weighted by molar-refractivity contribution is 0.139. The van der Waals surface area contributed by atoms with Crippen LogP contribution in [0.15, 0.2) is 48.5 Å². The Hall–Kier alpha value is -3.29. The van der Waals surface area contributed by atoms with E-state index in [2.05, 4.69) is 5.32 Å². The summed E-state index contributed by atoms with van der Waals surface area (Å²) in [4.78, 5) is 30.9. The number of amides is 4. The van der Waals surface area contributed by atoms with Gasteiger partial charge in [-0.3, -0.25) is 0 Å². The Balaban J connectivity index is 1.26. The minimum absolute atomic E-state index is 0.0189. The molecular weight excluding hydrogens is 399 g/mol. The number of methoxy groups -OCH3 is 1. The zero-order chi connectivity index (χ0) is 21.8. The molecule has 2 aliphatic heterocycles. The Kier molecular flexibility index (Phi) is 6.25. The molecule has 2 heterocycles. The van der Waals surface area contributed by atoms with Crippen LogP contribution in [0.4, 0.5) is 19.7 Å². The molecule has 2 saturated heterocycles. The summed E-state index contributed by atoms with van der Waals surface area (Å²) in [6, 6.07) is 13.5. The fourth-order valence-corrected chi connectivity index (χ4v) is 4.15. The molecule has 8 heteroatoms. The van der Waals surface area contributed by atoms with Crippen molar-refractivity contribution in [3.8, 4) is 5.75 Å². The lowest BCUT2D eigenvalue weighted by Gasteiger charge is -2.36. The third kappa shape index (κ3) is 4.90. The Bertz CT molecular complexity index is 911. The predicted molar refractivity (Wildman–Crippen MR) is 116 cm³/mol. The SMILES string of the molecule is COc1ccc(NC(=O)N2CCC(N3CCN(Cc4ccc(F)cc4)C3=O)CC2)cc1. The molecule has 164 valence electrons. The van der Waals surface area contributed by atoms with Crippen molar-refractivity contribution in [1.29, 1.82) is 0 Å². The molecule has 0 radical (unpaired) electrons. The highest BCUT2D eigenvalue weighted by Gasteiger charge is 2.36. The first-order chi connectivity index (χ1) is 15.0. The summed E-state index contributed by atoms with van der Waals surface area (Å²) >= 11 is 0. The number of rotatable bonds is 5. The highest BCUT2D eigenvalue weighted by Crippen LogP contribution is 2.23. The van der Waals surface area contributed by atoms with E-state index in [1.54, 1.807) is 41.2 Å². The Morgan fingerprint density at radius 2 is 1.71 bits per heavy atom. The summed E-state index contributed by atoms with van der Waals surface area (Å²) in [5, 5.41) is 2.91. The summed E-state index contributed by atoms with van der Waals surface area (Å²) in [5.41, 5.74) is 1.64. The van der Waals surface area contributed by atoms with Crippen molar-refractivity contribution in [2.24, 2.45) is 0 Å². The van der Waals surface area contributed by atoms with Gasteiger partial charge in [0, 0.05) is 44.5 Å². The van der Waals surface area contributed by atoms with Gasteiger partial charge in [-0.1, -0.05) is 12.1 Å². The van der Waals surface area contributed by atoms with Gasteiger partial charge in [0.25, 0.3) is 0 Å². The zero-order valence-electron chi connectivity index (χ0n) is 17.6. The summed E-state index contributed by atoms with van der Waals surface area (Å²) < 4.78 is 18.2. The first-order valence-corrected chi connectivity index (χ1v) is 10.5. The van der Waals surface area contributed by atoms with Gasteiger partial charge in [0.15, 0.2) is 0 Å². The van der Waals surface area contributed by atoms with Crippen LogP contribution in [-0.4, -0.2) is 66.1 Å². The molecular formula is C23H27FN4O3. The topological polar surface area (TPSA) is 65.1 Å². The number of carbonyl (C=O) groups excluding carboxylic acids is 2.